The predicted molar refractivity (Wildman–Crippen MR) is 81.4 cm³/mol. The Labute approximate surface area is 117 Å². The van der Waals surface area contributed by atoms with Crippen molar-refractivity contribution in [3.63, 3.8) is 0 Å². The first-order chi connectivity index (χ1) is 8.74. The molecule has 2 unspecified atom stereocenters. The zero-order chi connectivity index (χ0) is 14.6. The molecule has 2 atom stereocenters. The maximum atomic E-state index is 11.7. The van der Waals surface area contributed by atoms with Gasteiger partial charge in [-0.15, -0.1) is 0 Å². The zero-order valence-electron chi connectivity index (χ0n) is 12.5. The third kappa shape index (κ3) is 4.96. The van der Waals surface area contributed by atoms with Crippen LogP contribution < -0.4 is 5.32 Å². The third-order valence-electron chi connectivity index (χ3n) is 3.45. The summed E-state index contributed by atoms with van der Waals surface area (Å²) in [5.74, 6) is 0. The predicted octanol–water partition coefficient (Wildman–Crippen LogP) is 2.26. The summed E-state index contributed by atoms with van der Waals surface area (Å²) in [7, 11) is -3.03. The first-order valence-corrected chi connectivity index (χ1v) is 8.69. The molecule has 1 N–H and O–H groups in total. The van der Waals surface area contributed by atoms with E-state index in [1.165, 1.54) is 22.9 Å². The largest absolute Gasteiger partial charge is 0.313 e. The van der Waals surface area contributed by atoms with Crippen molar-refractivity contribution >= 4 is 9.84 Å². The molecule has 0 aliphatic carbocycles. The highest BCUT2D eigenvalue weighted by Gasteiger charge is 2.25. The lowest BCUT2D eigenvalue weighted by molar-refractivity contribution is 0.493. The molecule has 1 rings (SSSR count). The molecular formula is C15H25NO2S. The van der Waals surface area contributed by atoms with Gasteiger partial charge in [0.25, 0.3) is 0 Å². The highest BCUT2D eigenvalue weighted by atomic mass is 32.2. The second kappa shape index (κ2) is 6.53. The normalized spacial score (nSPS) is 15.2. The third-order valence-corrected chi connectivity index (χ3v) is 5.12. The van der Waals surface area contributed by atoms with Crippen LogP contribution in [0.1, 0.15) is 30.5 Å². The van der Waals surface area contributed by atoms with E-state index < -0.39 is 9.84 Å². The Morgan fingerprint density at radius 3 is 2.11 bits per heavy atom. The number of sulfone groups is 1. The summed E-state index contributed by atoms with van der Waals surface area (Å²) in [5.41, 5.74) is 3.63. The fourth-order valence-electron chi connectivity index (χ4n) is 2.41. The molecule has 0 spiro atoms. The van der Waals surface area contributed by atoms with Crippen LogP contribution in [0.4, 0.5) is 0 Å². The summed E-state index contributed by atoms with van der Waals surface area (Å²) in [6, 6.07) is 6.35. The minimum absolute atomic E-state index is 0.0406. The number of hydrogen-bond acceptors (Lipinski definition) is 3. The van der Waals surface area contributed by atoms with Gasteiger partial charge in [-0.25, -0.2) is 8.42 Å². The van der Waals surface area contributed by atoms with E-state index in [1.54, 1.807) is 6.92 Å². The van der Waals surface area contributed by atoms with Gasteiger partial charge < -0.3 is 5.32 Å². The van der Waals surface area contributed by atoms with Gasteiger partial charge >= 0.3 is 0 Å². The van der Waals surface area contributed by atoms with E-state index in [0.717, 1.165) is 13.0 Å². The van der Waals surface area contributed by atoms with Crippen LogP contribution in [0.3, 0.4) is 0 Å². The SMILES string of the molecule is CCNC(Cc1cc(C)cc(C)c1)C(C)S(C)(=O)=O. The number of likely N-dealkylation sites (N-methyl/N-ethyl adjacent to an activating group) is 1. The van der Waals surface area contributed by atoms with E-state index in [0.29, 0.717) is 0 Å². The Morgan fingerprint density at radius 1 is 1.16 bits per heavy atom. The zero-order valence-corrected chi connectivity index (χ0v) is 13.3. The Morgan fingerprint density at radius 2 is 1.68 bits per heavy atom. The van der Waals surface area contributed by atoms with Gasteiger partial charge in [0, 0.05) is 12.3 Å². The summed E-state index contributed by atoms with van der Waals surface area (Å²) in [5, 5.41) is 2.92. The van der Waals surface area contributed by atoms with Crippen LogP contribution in [0, 0.1) is 13.8 Å². The minimum Gasteiger partial charge on any atom is -0.313 e. The van der Waals surface area contributed by atoms with E-state index >= 15 is 0 Å². The summed E-state index contributed by atoms with van der Waals surface area (Å²) < 4.78 is 23.5. The van der Waals surface area contributed by atoms with E-state index in [2.05, 4.69) is 37.4 Å². The van der Waals surface area contributed by atoms with Crippen molar-refractivity contribution in [2.24, 2.45) is 0 Å². The average molecular weight is 283 g/mol. The number of hydrogen-bond donors (Lipinski definition) is 1. The van der Waals surface area contributed by atoms with Gasteiger partial charge in [-0.05, 0) is 39.3 Å². The van der Waals surface area contributed by atoms with Crippen LogP contribution in [0.5, 0.6) is 0 Å². The standard InChI is InChI=1S/C15H25NO2S/c1-6-16-15(13(4)19(5,17)18)10-14-8-11(2)7-12(3)9-14/h7-9,13,15-16H,6,10H2,1-5H3. The lowest BCUT2D eigenvalue weighted by atomic mass is 9.99. The molecule has 108 valence electrons. The summed E-state index contributed by atoms with van der Waals surface area (Å²) >= 11 is 0. The van der Waals surface area contributed by atoms with Gasteiger partial charge in [0.15, 0.2) is 9.84 Å². The lowest BCUT2D eigenvalue weighted by Crippen LogP contribution is -2.43. The molecule has 0 saturated carbocycles. The van der Waals surface area contributed by atoms with Crippen LogP contribution in [0.25, 0.3) is 0 Å². The van der Waals surface area contributed by atoms with E-state index in [1.807, 2.05) is 6.92 Å². The number of rotatable bonds is 6. The monoisotopic (exact) mass is 283 g/mol. The minimum atomic E-state index is -3.03. The molecule has 0 aliphatic heterocycles. The van der Waals surface area contributed by atoms with Gasteiger partial charge in [-0.2, -0.15) is 0 Å². The average Bonchev–Trinajstić information content (AvgIpc) is 2.24. The van der Waals surface area contributed by atoms with Crippen LogP contribution in [0.15, 0.2) is 18.2 Å². The highest BCUT2D eigenvalue weighted by Crippen LogP contribution is 2.15. The van der Waals surface area contributed by atoms with Crippen LogP contribution in [0.2, 0.25) is 0 Å². The maximum Gasteiger partial charge on any atom is 0.151 e. The second-order valence-corrected chi connectivity index (χ2v) is 7.80. The maximum absolute atomic E-state index is 11.7. The molecular weight excluding hydrogens is 258 g/mol. The summed E-state index contributed by atoms with van der Waals surface area (Å²) in [6.45, 7) is 8.70. The molecule has 0 aromatic heterocycles. The summed E-state index contributed by atoms with van der Waals surface area (Å²) in [4.78, 5) is 0. The Hall–Kier alpha value is -0.870. The Kier molecular flexibility index (Phi) is 5.56. The number of benzene rings is 1. The molecule has 0 aliphatic rings. The molecule has 1 aromatic carbocycles. The van der Waals surface area contributed by atoms with Gasteiger partial charge in [-0.3, -0.25) is 0 Å². The van der Waals surface area contributed by atoms with Gasteiger partial charge in [-0.1, -0.05) is 36.2 Å². The highest BCUT2D eigenvalue weighted by molar-refractivity contribution is 7.91. The topological polar surface area (TPSA) is 46.2 Å². The van der Waals surface area contributed by atoms with Crippen molar-refractivity contribution in [1.29, 1.82) is 0 Å². The molecule has 4 heteroatoms. The first-order valence-electron chi connectivity index (χ1n) is 6.73. The van der Waals surface area contributed by atoms with E-state index in [9.17, 15) is 8.42 Å². The smallest absolute Gasteiger partial charge is 0.151 e. The molecule has 0 fully saturated rings. The molecule has 19 heavy (non-hydrogen) atoms. The molecule has 0 bridgehead atoms. The number of nitrogens with one attached hydrogen (secondary N) is 1. The van der Waals surface area contributed by atoms with Gasteiger partial charge in [0.1, 0.15) is 0 Å². The Bertz CT molecular complexity index is 503. The van der Waals surface area contributed by atoms with Crippen molar-refractivity contribution in [1.82, 2.24) is 5.32 Å². The van der Waals surface area contributed by atoms with Crippen LogP contribution in [-0.2, 0) is 16.3 Å². The molecule has 1 aromatic rings. The number of aryl methyl sites for hydroxylation is 2. The fraction of sp³-hybridized carbons (Fsp3) is 0.600. The van der Waals surface area contributed by atoms with Gasteiger partial charge in [0.05, 0.1) is 5.25 Å². The van der Waals surface area contributed by atoms with Crippen molar-refractivity contribution in [2.45, 2.75) is 45.4 Å². The second-order valence-electron chi connectivity index (χ2n) is 5.40. The van der Waals surface area contributed by atoms with Crippen molar-refractivity contribution in [2.75, 3.05) is 12.8 Å². The lowest BCUT2D eigenvalue weighted by Gasteiger charge is -2.24. The van der Waals surface area contributed by atoms with Gasteiger partial charge in [0.2, 0.25) is 0 Å². The first kappa shape index (κ1) is 16.2. The molecule has 0 radical (unpaired) electrons. The molecule has 0 saturated heterocycles. The molecule has 0 amide bonds. The van der Waals surface area contributed by atoms with Crippen LogP contribution >= 0.6 is 0 Å². The van der Waals surface area contributed by atoms with E-state index in [-0.39, 0.29) is 11.3 Å². The van der Waals surface area contributed by atoms with Crippen molar-refractivity contribution in [3.8, 4) is 0 Å². The fourth-order valence-corrected chi connectivity index (χ4v) is 3.19. The molecule has 3 nitrogen and oxygen atoms in total. The van der Waals surface area contributed by atoms with Crippen molar-refractivity contribution < 1.29 is 8.42 Å². The van der Waals surface area contributed by atoms with Crippen molar-refractivity contribution in [3.05, 3.63) is 34.9 Å². The summed E-state index contributed by atoms with van der Waals surface area (Å²) in [6.07, 6.45) is 2.05. The Balaban J connectivity index is 2.95. The molecule has 0 heterocycles. The van der Waals surface area contributed by atoms with Crippen LogP contribution in [-0.4, -0.2) is 32.5 Å². The quantitative estimate of drug-likeness (QED) is 0.871. The van der Waals surface area contributed by atoms with E-state index in [4.69, 9.17) is 0 Å².